The number of amidine groups is 1. The Labute approximate surface area is 111 Å². The molecule has 3 nitrogen and oxygen atoms in total. The standard InChI is InChI=1S/C14H17N3S/c1-17(8-6-11-7-9-18-10-11)13-5-3-2-4-12(13)14(15)16/h2-5,7,9-10H,6,8H2,1H3,(H3,15,16). The highest BCUT2D eigenvalue weighted by Crippen LogP contribution is 2.19. The van der Waals surface area contributed by atoms with Crippen LogP contribution in [0.25, 0.3) is 0 Å². The van der Waals surface area contributed by atoms with Gasteiger partial charge in [0, 0.05) is 24.8 Å². The first kappa shape index (κ1) is 12.6. The summed E-state index contributed by atoms with van der Waals surface area (Å²) in [6.45, 7) is 0.918. The van der Waals surface area contributed by atoms with E-state index in [0.717, 1.165) is 24.2 Å². The topological polar surface area (TPSA) is 53.1 Å². The number of benzene rings is 1. The lowest BCUT2D eigenvalue weighted by Crippen LogP contribution is -2.24. The molecule has 0 saturated carbocycles. The lowest BCUT2D eigenvalue weighted by Gasteiger charge is -2.21. The first-order chi connectivity index (χ1) is 8.68. The average Bonchev–Trinajstić information content (AvgIpc) is 2.89. The second-order valence-electron chi connectivity index (χ2n) is 4.23. The molecule has 2 rings (SSSR count). The van der Waals surface area contributed by atoms with Gasteiger partial charge in [0.1, 0.15) is 5.84 Å². The van der Waals surface area contributed by atoms with Crippen LogP contribution in [0.3, 0.4) is 0 Å². The Hall–Kier alpha value is -1.81. The summed E-state index contributed by atoms with van der Waals surface area (Å²) in [6.07, 6.45) is 1.01. The third kappa shape index (κ3) is 2.90. The number of likely N-dealkylation sites (N-methyl/N-ethyl adjacent to an activating group) is 1. The summed E-state index contributed by atoms with van der Waals surface area (Å²) in [4.78, 5) is 2.15. The fraction of sp³-hybridized carbons (Fsp3) is 0.214. The number of nitrogen functional groups attached to an aromatic ring is 1. The first-order valence-corrected chi connectivity index (χ1v) is 6.78. The predicted octanol–water partition coefficient (Wildman–Crippen LogP) is 2.71. The summed E-state index contributed by atoms with van der Waals surface area (Å²) in [5, 5.41) is 11.9. The van der Waals surface area contributed by atoms with Crippen LogP contribution in [0.1, 0.15) is 11.1 Å². The fourth-order valence-corrected chi connectivity index (χ4v) is 2.59. The van der Waals surface area contributed by atoms with Crippen molar-refractivity contribution >= 4 is 22.9 Å². The molecule has 0 saturated heterocycles. The SMILES string of the molecule is CN(CCc1ccsc1)c1ccccc1C(=N)N. The van der Waals surface area contributed by atoms with Gasteiger partial charge >= 0.3 is 0 Å². The average molecular weight is 259 g/mol. The van der Waals surface area contributed by atoms with E-state index in [2.05, 4.69) is 21.7 Å². The molecule has 0 amide bonds. The van der Waals surface area contributed by atoms with Crippen molar-refractivity contribution < 1.29 is 0 Å². The van der Waals surface area contributed by atoms with Crippen LogP contribution < -0.4 is 10.6 Å². The molecule has 18 heavy (non-hydrogen) atoms. The molecule has 1 heterocycles. The molecule has 4 heteroatoms. The van der Waals surface area contributed by atoms with Crippen LogP contribution in [-0.2, 0) is 6.42 Å². The zero-order valence-corrected chi connectivity index (χ0v) is 11.2. The number of rotatable bonds is 5. The third-order valence-electron chi connectivity index (χ3n) is 2.92. The monoisotopic (exact) mass is 259 g/mol. The quantitative estimate of drug-likeness (QED) is 0.641. The van der Waals surface area contributed by atoms with Crippen molar-refractivity contribution in [3.8, 4) is 0 Å². The minimum absolute atomic E-state index is 0.119. The van der Waals surface area contributed by atoms with Gasteiger partial charge in [0.2, 0.25) is 0 Å². The summed E-state index contributed by atoms with van der Waals surface area (Å²) < 4.78 is 0. The predicted molar refractivity (Wildman–Crippen MR) is 78.8 cm³/mol. The van der Waals surface area contributed by atoms with Crippen LogP contribution in [-0.4, -0.2) is 19.4 Å². The molecule has 2 aromatic rings. The summed E-state index contributed by atoms with van der Waals surface area (Å²) in [6, 6.07) is 9.92. The molecule has 3 N–H and O–H groups in total. The van der Waals surface area contributed by atoms with Gasteiger partial charge in [-0.25, -0.2) is 0 Å². The van der Waals surface area contributed by atoms with Crippen molar-refractivity contribution in [3.63, 3.8) is 0 Å². The molecule has 0 bridgehead atoms. The van der Waals surface area contributed by atoms with E-state index in [-0.39, 0.29) is 5.84 Å². The van der Waals surface area contributed by atoms with Gasteiger partial charge < -0.3 is 10.6 Å². The number of nitrogens with two attached hydrogens (primary N) is 1. The third-order valence-corrected chi connectivity index (χ3v) is 3.65. The molecule has 1 aromatic heterocycles. The Morgan fingerprint density at radius 3 is 2.78 bits per heavy atom. The van der Waals surface area contributed by atoms with Crippen LogP contribution in [0.5, 0.6) is 0 Å². The molecule has 0 spiro atoms. The molecule has 0 aliphatic carbocycles. The highest BCUT2D eigenvalue weighted by Gasteiger charge is 2.08. The minimum atomic E-state index is 0.119. The van der Waals surface area contributed by atoms with E-state index < -0.39 is 0 Å². The smallest absolute Gasteiger partial charge is 0.124 e. The van der Waals surface area contributed by atoms with E-state index in [1.807, 2.05) is 31.3 Å². The van der Waals surface area contributed by atoms with Crippen LogP contribution in [0.15, 0.2) is 41.1 Å². The Kier molecular flexibility index (Phi) is 3.99. The van der Waals surface area contributed by atoms with Crippen molar-refractivity contribution in [3.05, 3.63) is 52.2 Å². The number of hydrogen-bond donors (Lipinski definition) is 2. The lowest BCUT2D eigenvalue weighted by atomic mass is 10.1. The summed E-state index contributed by atoms with van der Waals surface area (Å²) >= 11 is 1.72. The molecule has 0 aliphatic heterocycles. The van der Waals surface area contributed by atoms with Crippen LogP contribution in [0.2, 0.25) is 0 Å². The van der Waals surface area contributed by atoms with Gasteiger partial charge in [0.15, 0.2) is 0 Å². The fourth-order valence-electron chi connectivity index (χ4n) is 1.89. The van der Waals surface area contributed by atoms with Crippen LogP contribution >= 0.6 is 11.3 Å². The molecular weight excluding hydrogens is 242 g/mol. The number of hydrogen-bond acceptors (Lipinski definition) is 3. The van der Waals surface area contributed by atoms with E-state index in [9.17, 15) is 0 Å². The highest BCUT2D eigenvalue weighted by atomic mass is 32.1. The molecule has 94 valence electrons. The Bertz CT molecular complexity index is 520. The summed E-state index contributed by atoms with van der Waals surface area (Å²) in [5.74, 6) is 0.119. The maximum Gasteiger partial charge on any atom is 0.124 e. The molecule has 0 fully saturated rings. The zero-order valence-electron chi connectivity index (χ0n) is 10.4. The molecule has 0 atom stereocenters. The second-order valence-corrected chi connectivity index (χ2v) is 5.01. The lowest BCUT2D eigenvalue weighted by molar-refractivity contribution is 0.878. The van der Waals surface area contributed by atoms with Crippen molar-refractivity contribution in [2.45, 2.75) is 6.42 Å². The largest absolute Gasteiger partial charge is 0.384 e. The molecule has 1 aromatic carbocycles. The number of nitrogens with zero attached hydrogens (tertiary/aromatic N) is 1. The number of nitrogens with one attached hydrogen (secondary N) is 1. The summed E-state index contributed by atoms with van der Waals surface area (Å²) in [7, 11) is 2.04. The van der Waals surface area contributed by atoms with Gasteiger partial charge in [-0.3, -0.25) is 5.41 Å². The van der Waals surface area contributed by atoms with Crippen molar-refractivity contribution in [2.75, 3.05) is 18.5 Å². The van der Waals surface area contributed by atoms with Crippen molar-refractivity contribution in [1.82, 2.24) is 0 Å². The zero-order chi connectivity index (χ0) is 13.0. The van der Waals surface area contributed by atoms with Crippen LogP contribution in [0.4, 0.5) is 5.69 Å². The maximum atomic E-state index is 7.59. The van der Waals surface area contributed by atoms with E-state index in [4.69, 9.17) is 11.1 Å². The first-order valence-electron chi connectivity index (χ1n) is 5.84. The number of para-hydroxylation sites is 1. The van der Waals surface area contributed by atoms with E-state index in [0.29, 0.717) is 0 Å². The van der Waals surface area contributed by atoms with Gasteiger partial charge in [0.05, 0.1) is 0 Å². The number of anilines is 1. The summed E-state index contributed by atoms with van der Waals surface area (Å²) in [5.41, 5.74) is 8.77. The second kappa shape index (κ2) is 5.69. The van der Waals surface area contributed by atoms with Gasteiger partial charge in [0.25, 0.3) is 0 Å². The highest BCUT2D eigenvalue weighted by molar-refractivity contribution is 7.07. The van der Waals surface area contributed by atoms with Crippen molar-refractivity contribution in [1.29, 1.82) is 5.41 Å². The molecule has 0 unspecified atom stereocenters. The van der Waals surface area contributed by atoms with Gasteiger partial charge in [-0.2, -0.15) is 11.3 Å². The molecular formula is C14H17N3S. The molecule has 0 radical (unpaired) electrons. The van der Waals surface area contributed by atoms with Gasteiger partial charge in [-0.15, -0.1) is 0 Å². The van der Waals surface area contributed by atoms with Crippen LogP contribution in [0, 0.1) is 5.41 Å². The van der Waals surface area contributed by atoms with E-state index in [1.54, 1.807) is 11.3 Å². The Morgan fingerprint density at radius 2 is 2.11 bits per heavy atom. The maximum absolute atomic E-state index is 7.59. The van der Waals surface area contributed by atoms with E-state index in [1.165, 1.54) is 5.56 Å². The van der Waals surface area contributed by atoms with Gasteiger partial charge in [-0.05, 0) is 40.9 Å². The molecule has 0 aliphatic rings. The van der Waals surface area contributed by atoms with Gasteiger partial charge in [-0.1, -0.05) is 12.1 Å². The Balaban J connectivity index is 2.09. The van der Waals surface area contributed by atoms with E-state index >= 15 is 0 Å². The minimum Gasteiger partial charge on any atom is -0.384 e. The normalized spacial score (nSPS) is 10.3. The van der Waals surface area contributed by atoms with Crippen molar-refractivity contribution in [2.24, 2.45) is 5.73 Å². The number of thiophene rings is 1. The Morgan fingerprint density at radius 1 is 1.33 bits per heavy atom.